The van der Waals surface area contributed by atoms with Gasteiger partial charge in [-0.1, -0.05) is 17.7 Å². The molecule has 0 bridgehead atoms. The number of aromatic nitrogens is 1. The van der Waals surface area contributed by atoms with Crippen molar-refractivity contribution in [3.63, 3.8) is 0 Å². The number of benzene rings is 1. The van der Waals surface area contributed by atoms with Gasteiger partial charge in [0.1, 0.15) is 5.52 Å². The summed E-state index contributed by atoms with van der Waals surface area (Å²) in [6.07, 6.45) is 8.70. The molecule has 1 amide bonds. The van der Waals surface area contributed by atoms with Crippen LogP contribution in [0.25, 0.3) is 11.1 Å². The molecule has 5 heteroatoms. The SMILES string of the molecule is NC(=O)C1=CCC2CC3C(=O)c4ccc5ncoc5c4CC3=CC2C1. The Hall–Kier alpha value is -2.69. The Labute approximate surface area is 144 Å². The number of carbonyl (C=O) groups excluding carboxylic acids is 2. The predicted molar refractivity (Wildman–Crippen MR) is 91.7 cm³/mol. The molecule has 0 spiro atoms. The molecular formula is C20H18N2O3. The third-order valence-electron chi connectivity index (χ3n) is 6.02. The van der Waals surface area contributed by atoms with Crippen molar-refractivity contribution in [2.75, 3.05) is 0 Å². The van der Waals surface area contributed by atoms with E-state index in [-0.39, 0.29) is 17.6 Å². The number of amides is 1. The van der Waals surface area contributed by atoms with E-state index in [0.717, 1.165) is 47.1 Å². The van der Waals surface area contributed by atoms with Crippen molar-refractivity contribution in [1.82, 2.24) is 4.98 Å². The molecule has 0 radical (unpaired) electrons. The highest BCUT2D eigenvalue weighted by molar-refractivity contribution is 6.05. The van der Waals surface area contributed by atoms with Crippen molar-refractivity contribution in [2.45, 2.75) is 25.7 Å². The molecule has 5 rings (SSSR count). The van der Waals surface area contributed by atoms with Gasteiger partial charge >= 0.3 is 0 Å². The van der Waals surface area contributed by atoms with Crippen LogP contribution in [0, 0.1) is 17.8 Å². The first-order valence-corrected chi connectivity index (χ1v) is 8.70. The molecule has 2 aromatic rings. The van der Waals surface area contributed by atoms with Crippen LogP contribution in [0.1, 0.15) is 35.2 Å². The van der Waals surface area contributed by atoms with Gasteiger partial charge in [0, 0.05) is 22.6 Å². The van der Waals surface area contributed by atoms with Crippen LogP contribution in [0.3, 0.4) is 0 Å². The van der Waals surface area contributed by atoms with E-state index in [1.165, 1.54) is 6.39 Å². The number of oxazole rings is 1. The molecule has 3 aliphatic carbocycles. The van der Waals surface area contributed by atoms with E-state index in [9.17, 15) is 9.59 Å². The summed E-state index contributed by atoms with van der Waals surface area (Å²) in [5, 5.41) is 0. The van der Waals surface area contributed by atoms with Gasteiger partial charge in [-0.25, -0.2) is 4.98 Å². The quantitative estimate of drug-likeness (QED) is 0.812. The first kappa shape index (κ1) is 14.6. The number of Topliss-reactive ketones (excluding diaryl/α,β-unsaturated/α-hetero) is 1. The Kier molecular flexibility index (Phi) is 3.02. The lowest BCUT2D eigenvalue weighted by atomic mass is 9.64. The maximum atomic E-state index is 13.1. The summed E-state index contributed by atoms with van der Waals surface area (Å²) in [6, 6.07) is 3.75. The number of hydrogen-bond acceptors (Lipinski definition) is 4. The molecule has 1 aromatic carbocycles. The summed E-state index contributed by atoms with van der Waals surface area (Å²) in [7, 11) is 0. The second kappa shape index (κ2) is 5.15. The number of nitrogens with zero attached hydrogens (tertiary/aromatic N) is 1. The van der Waals surface area contributed by atoms with E-state index in [0.29, 0.717) is 23.8 Å². The van der Waals surface area contributed by atoms with Gasteiger partial charge in [-0.3, -0.25) is 9.59 Å². The molecule has 0 saturated carbocycles. The molecule has 0 saturated heterocycles. The molecule has 1 aromatic heterocycles. The van der Waals surface area contributed by atoms with Crippen LogP contribution in [0.2, 0.25) is 0 Å². The highest BCUT2D eigenvalue weighted by atomic mass is 16.3. The lowest BCUT2D eigenvalue weighted by Crippen LogP contribution is -2.35. The van der Waals surface area contributed by atoms with Gasteiger partial charge < -0.3 is 10.2 Å². The van der Waals surface area contributed by atoms with E-state index < -0.39 is 0 Å². The topological polar surface area (TPSA) is 86.2 Å². The second-order valence-electron chi connectivity index (χ2n) is 7.32. The van der Waals surface area contributed by atoms with E-state index >= 15 is 0 Å². The fourth-order valence-electron chi connectivity index (χ4n) is 4.73. The zero-order valence-corrected chi connectivity index (χ0v) is 13.7. The normalized spacial score (nSPS) is 27.8. The Morgan fingerprint density at radius 1 is 1.32 bits per heavy atom. The van der Waals surface area contributed by atoms with Crippen LogP contribution in [0.5, 0.6) is 0 Å². The van der Waals surface area contributed by atoms with E-state index in [1.807, 2.05) is 18.2 Å². The number of fused-ring (bicyclic) bond motifs is 5. The van der Waals surface area contributed by atoms with Crippen molar-refractivity contribution < 1.29 is 14.0 Å². The van der Waals surface area contributed by atoms with E-state index in [2.05, 4.69) is 11.1 Å². The van der Waals surface area contributed by atoms with Gasteiger partial charge in [-0.2, -0.15) is 0 Å². The molecule has 3 aliphatic rings. The highest BCUT2D eigenvalue weighted by Gasteiger charge is 2.40. The molecule has 5 nitrogen and oxygen atoms in total. The molecule has 0 fully saturated rings. The van der Waals surface area contributed by atoms with Crippen LogP contribution < -0.4 is 5.73 Å². The van der Waals surface area contributed by atoms with Crippen molar-refractivity contribution in [3.8, 4) is 0 Å². The standard InChI is InChI=1S/C20H18N2O3/c21-20(24)11-2-1-10-7-15-13(6-12(10)5-11)8-16-14(18(15)23)3-4-17-19(16)25-9-22-17/h2-4,6,9-10,12,15H,1,5,7-8H2,(H2,21,24). The van der Waals surface area contributed by atoms with Crippen LogP contribution in [0.15, 0.2) is 46.2 Å². The van der Waals surface area contributed by atoms with Crippen LogP contribution >= 0.6 is 0 Å². The Balaban J connectivity index is 1.57. The molecular weight excluding hydrogens is 316 g/mol. The third kappa shape index (κ3) is 2.11. The number of carbonyl (C=O) groups is 2. The van der Waals surface area contributed by atoms with Gasteiger partial charge in [0.05, 0.1) is 0 Å². The van der Waals surface area contributed by atoms with Gasteiger partial charge in [-0.15, -0.1) is 0 Å². The summed E-state index contributed by atoms with van der Waals surface area (Å²) in [5.41, 5.74) is 10.6. The average Bonchev–Trinajstić information content (AvgIpc) is 3.09. The van der Waals surface area contributed by atoms with Crippen LogP contribution in [-0.2, 0) is 11.2 Å². The van der Waals surface area contributed by atoms with Crippen LogP contribution in [-0.4, -0.2) is 16.7 Å². The van der Waals surface area contributed by atoms with Gasteiger partial charge in [0.2, 0.25) is 5.91 Å². The number of allylic oxidation sites excluding steroid dienone is 3. The van der Waals surface area contributed by atoms with Crippen molar-refractivity contribution in [2.24, 2.45) is 23.5 Å². The predicted octanol–water partition coefficient (Wildman–Crippen LogP) is 2.95. The number of hydrogen-bond donors (Lipinski definition) is 1. The van der Waals surface area contributed by atoms with Gasteiger partial charge in [-0.05, 0) is 49.7 Å². The molecule has 126 valence electrons. The Morgan fingerprint density at radius 2 is 2.20 bits per heavy atom. The maximum Gasteiger partial charge on any atom is 0.244 e. The summed E-state index contributed by atoms with van der Waals surface area (Å²) in [5.74, 6) is 0.525. The van der Waals surface area contributed by atoms with E-state index in [4.69, 9.17) is 10.2 Å². The lowest BCUT2D eigenvalue weighted by Gasteiger charge is -2.39. The Bertz CT molecular complexity index is 982. The molecule has 3 unspecified atom stereocenters. The fraction of sp³-hybridized carbons (Fsp3) is 0.350. The summed E-state index contributed by atoms with van der Waals surface area (Å²) in [4.78, 5) is 28.8. The van der Waals surface area contributed by atoms with Crippen molar-refractivity contribution in [3.05, 3.63) is 53.0 Å². The molecule has 25 heavy (non-hydrogen) atoms. The zero-order chi connectivity index (χ0) is 17.1. The molecule has 2 N–H and O–H groups in total. The molecule has 1 heterocycles. The minimum atomic E-state index is -0.326. The van der Waals surface area contributed by atoms with Gasteiger partial charge in [0.25, 0.3) is 0 Å². The van der Waals surface area contributed by atoms with Crippen molar-refractivity contribution in [1.29, 1.82) is 0 Å². The summed E-state index contributed by atoms with van der Waals surface area (Å²) < 4.78 is 5.54. The minimum absolute atomic E-state index is 0.0438. The first-order valence-electron chi connectivity index (χ1n) is 8.70. The van der Waals surface area contributed by atoms with Gasteiger partial charge in [0.15, 0.2) is 17.8 Å². The monoisotopic (exact) mass is 334 g/mol. The second-order valence-corrected chi connectivity index (χ2v) is 7.32. The number of nitrogens with two attached hydrogens (primary N) is 1. The molecule has 3 atom stereocenters. The minimum Gasteiger partial charge on any atom is -0.443 e. The zero-order valence-electron chi connectivity index (χ0n) is 13.7. The van der Waals surface area contributed by atoms with Crippen molar-refractivity contribution >= 4 is 22.8 Å². The Morgan fingerprint density at radius 3 is 3.04 bits per heavy atom. The fourth-order valence-corrected chi connectivity index (χ4v) is 4.73. The number of ketones is 1. The number of rotatable bonds is 1. The first-order chi connectivity index (χ1) is 12.1. The third-order valence-corrected chi connectivity index (χ3v) is 6.02. The van der Waals surface area contributed by atoms with E-state index in [1.54, 1.807) is 0 Å². The largest absolute Gasteiger partial charge is 0.443 e. The summed E-state index contributed by atoms with van der Waals surface area (Å²) >= 11 is 0. The maximum absolute atomic E-state index is 13.1. The average molecular weight is 334 g/mol. The smallest absolute Gasteiger partial charge is 0.244 e. The molecule has 0 aliphatic heterocycles. The van der Waals surface area contributed by atoms with Crippen LogP contribution in [0.4, 0.5) is 0 Å². The lowest BCUT2D eigenvalue weighted by molar-refractivity contribution is -0.114. The number of primary amides is 1. The summed E-state index contributed by atoms with van der Waals surface area (Å²) in [6.45, 7) is 0. The highest BCUT2D eigenvalue weighted by Crippen LogP contribution is 2.46.